The molecular weight excluding hydrogens is 1430 g/mol. The zero-order valence-electron chi connectivity index (χ0n) is 62.3. The molecule has 7 aromatic rings. The average Bonchev–Trinajstić information content (AvgIpc) is 1.46. The van der Waals surface area contributed by atoms with Crippen molar-refractivity contribution in [3.63, 3.8) is 0 Å². The molecule has 5 aromatic carbocycles. The van der Waals surface area contributed by atoms with Crippen molar-refractivity contribution in [2.24, 2.45) is 17.2 Å². The molecule has 107 heavy (non-hydrogen) atoms. The summed E-state index contributed by atoms with van der Waals surface area (Å²) in [5.41, 5.74) is 23.2. The van der Waals surface area contributed by atoms with Gasteiger partial charge in [0.1, 0.15) is 11.9 Å². The lowest BCUT2D eigenvalue weighted by Crippen LogP contribution is -2.47. The van der Waals surface area contributed by atoms with Gasteiger partial charge in [-0.05, 0) is 126 Å². The second-order valence-electron chi connectivity index (χ2n) is 27.3. The molecule has 26 heteroatoms. The summed E-state index contributed by atoms with van der Waals surface area (Å²) in [4.78, 5) is 18.3. The van der Waals surface area contributed by atoms with Crippen molar-refractivity contribution in [3.8, 4) is 5.69 Å². The van der Waals surface area contributed by atoms with Crippen LogP contribution in [0.4, 0.5) is 21.7 Å². The molecule has 2 unspecified atom stereocenters. The predicted octanol–water partition coefficient (Wildman–Crippen LogP) is 10.0. The number of aromatic nitrogens is 4. The fraction of sp³-hybridized carbons (Fsp3) is 0.506. The lowest BCUT2D eigenvalue weighted by Gasteiger charge is -2.31. The smallest absolute Gasteiger partial charge is 0.252 e. The number of rotatable bonds is 16. The van der Waals surface area contributed by atoms with Crippen LogP contribution in [0.3, 0.4) is 0 Å². The number of anilines is 3. The summed E-state index contributed by atoms with van der Waals surface area (Å²) in [6.45, 7) is 18.3. The third-order valence-corrected chi connectivity index (χ3v) is 19.7. The SMILES string of the molecule is BrC1CCOCC1.C1=CCOCC1.C1CC2OC2CO1.C[C@H](N)c1ccccc1.C[C@H](N[C@@H]1COCC[C@H]1O)c1ccccc1.C[C@H](N[C@H]1COCC[C@@H]1O)c1ccccc1.C[C@H](N[C@H]1COCC[C@@H]1O)c1ccccc1.NC(=O)c1cc(F)c(N[C@@H]2CCOC[C@@H]2N)nc1Nc1cccc(-n2nccn2)c1. The van der Waals surface area contributed by atoms with Crippen LogP contribution in [0.5, 0.6) is 0 Å². The first-order valence-corrected chi connectivity index (χ1v) is 38.4. The number of carbonyl (C=O) groups is 1. The summed E-state index contributed by atoms with van der Waals surface area (Å²) in [5, 5.41) is 53.9. The number of halogens is 2. The minimum Gasteiger partial charge on any atom is -0.391 e. The van der Waals surface area contributed by atoms with Crippen LogP contribution in [-0.2, 0) is 37.9 Å². The van der Waals surface area contributed by atoms with Gasteiger partial charge in [-0.15, -0.1) is 0 Å². The van der Waals surface area contributed by atoms with Crippen molar-refractivity contribution < 1.29 is 62.4 Å². The van der Waals surface area contributed by atoms with E-state index in [0.29, 0.717) is 82.9 Å². The maximum atomic E-state index is 14.6. The van der Waals surface area contributed by atoms with Gasteiger partial charge in [0.2, 0.25) is 0 Å². The van der Waals surface area contributed by atoms with E-state index in [-0.39, 0.29) is 89.9 Å². The number of nitrogens with zero attached hydrogens (tertiary/aromatic N) is 4. The van der Waals surface area contributed by atoms with Crippen molar-refractivity contribution in [2.75, 3.05) is 103 Å². The number of alkyl halides is 1. The number of ether oxygens (including phenoxy) is 8. The number of primary amides is 1. The molecule has 7 fully saturated rings. The molecule has 10 heterocycles. The first-order valence-electron chi connectivity index (χ1n) is 37.5. The molecular formula is C81H114BrFN12O12. The number of carbonyl (C=O) groups excluding carboxylic acids is 1. The molecule has 14 atom stereocenters. The number of hydrogen-bond acceptors (Lipinski definition) is 22. The summed E-state index contributed by atoms with van der Waals surface area (Å²) in [5.74, 6) is -1.39. The van der Waals surface area contributed by atoms with Crippen molar-refractivity contribution in [1.82, 2.24) is 35.9 Å². The zero-order valence-corrected chi connectivity index (χ0v) is 63.8. The topological polar surface area (TPSA) is 337 Å². The number of benzene rings is 5. The standard InChI is InChI=1S/C19H21FN8O2.3C13H19NO2.C8H11N.C5H9BrO.C5H8O2.C5H8O/c20-14-9-13(17(22)29)18(27-19(14)26-16-4-7-30-10-15(16)21)25-11-2-1-3-12(8-11)28-23-5-6-24-28;3*1-10(11-5-3-2-4-6-11)14-12-9-16-8-7-13(12)15;1-7(9)8-5-3-2-4-6-8;6-5-1-3-7-4-2-5;1-2-6-3-5-4(1)7-5;1-2-4-6-5-3-1/h1-3,5-6,8-9,15-16H,4,7,10,21H2,(H2,22,29)(H2,25,26,27);3*2-6,10,12-15H,7-9H2,1H3;2-7H,9H2,1H3;5H,1-4H2;4-5H,1-3H2;1-2H,3-5H2/t15-,16+;10-,12+,13+;2*10-,12-,13-;7-;;;/m00000.../s1. The Balaban J connectivity index is 0.000000163. The Morgan fingerprint density at radius 2 is 0.991 bits per heavy atom. The van der Waals surface area contributed by atoms with E-state index in [2.05, 4.69) is 121 Å². The average molecular weight is 1550 g/mol. The fourth-order valence-electron chi connectivity index (χ4n) is 12.2. The number of hydrogen-bond donors (Lipinski definition) is 11. The molecule has 1 amide bonds. The first-order chi connectivity index (χ1) is 52.0. The Kier molecular flexibility index (Phi) is 38.2. The summed E-state index contributed by atoms with van der Waals surface area (Å²) in [6.07, 6.45) is 14.8. The predicted molar refractivity (Wildman–Crippen MR) is 418 cm³/mol. The van der Waals surface area contributed by atoms with Gasteiger partial charge in [0.25, 0.3) is 5.91 Å². The van der Waals surface area contributed by atoms with Crippen molar-refractivity contribution in [1.29, 1.82) is 0 Å². The monoisotopic (exact) mass is 1540 g/mol. The normalized spacial score (nSPS) is 24.7. The van der Waals surface area contributed by atoms with E-state index in [4.69, 9.17) is 55.1 Å². The lowest BCUT2D eigenvalue weighted by atomic mass is 10.0. The van der Waals surface area contributed by atoms with Crippen LogP contribution in [0.1, 0.15) is 136 Å². The van der Waals surface area contributed by atoms with E-state index >= 15 is 0 Å². The van der Waals surface area contributed by atoms with Crippen molar-refractivity contribution in [3.05, 3.63) is 210 Å². The molecule has 0 spiro atoms. The molecule has 0 bridgehead atoms. The van der Waals surface area contributed by atoms with Gasteiger partial charge < -0.3 is 97.0 Å². The third kappa shape index (κ3) is 31.1. The lowest BCUT2D eigenvalue weighted by molar-refractivity contribution is -0.0186. The van der Waals surface area contributed by atoms with Gasteiger partial charge in [-0.25, -0.2) is 9.37 Å². The van der Waals surface area contributed by atoms with Gasteiger partial charge >= 0.3 is 0 Å². The highest BCUT2D eigenvalue weighted by Crippen LogP contribution is 2.30. The number of aliphatic hydroxyl groups is 3. The molecule has 8 aliphatic heterocycles. The van der Waals surface area contributed by atoms with Crippen molar-refractivity contribution in [2.45, 2.75) is 169 Å². The van der Waals surface area contributed by atoms with E-state index in [1.807, 2.05) is 104 Å². The van der Waals surface area contributed by atoms with Crippen LogP contribution >= 0.6 is 15.9 Å². The highest BCUT2D eigenvalue weighted by molar-refractivity contribution is 9.09. The largest absolute Gasteiger partial charge is 0.391 e. The minimum absolute atomic E-state index is 0.0188. The van der Waals surface area contributed by atoms with Crippen molar-refractivity contribution >= 4 is 39.2 Å². The molecule has 14 N–H and O–H groups in total. The second kappa shape index (κ2) is 47.8. The Labute approximate surface area is 638 Å². The molecule has 0 aliphatic carbocycles. The number of pyridine rings is 1. The van der Waals surface area contributed by atoms with E-state index in [9.17, 15) is 24.5 Å². The quantitative estimate of drug-likeness (QED) is 0.0243. The summed E-state index contributed by atoms with van der Waals surface area (Å²) < 4.78 is 56.4. The van der Waals surface area contributed by atoms with Gasteiger partial charge in [0.05, 0.1) is 112 Å². The number of amides is 1. The number of nitrogens with two attached hydrogens (primary N) is 3. The number of aliphatic hydroxyl groups excluding tert-OH is 3. The summed E-state index contributed by atoms with van der Waals surface area (Å²) >= 11 is 3.51. The van der Waals surface area contributed by atoms with Crippen LogP contribution < -0.4 is 43.8 Å². The summed E-state index contributed by atoms with van der Waals surface area (Å²) in [6, 6.07) is 49.5. The van der Waals surface area contributed by atoms with Crippen LogP contribution in [0.15, 0.2) is 176 Å². The Hall–Kier alpha value is -7.03. The Morgan fingerprint density at radius 1 is 0.523 bits per heavy atom. The molecule has 15 rings (SSSR count). The number of epoxide rings is 1. The fourth-order valence-corrected chi connectivity index (χ4v) is 12.6. The maximum Gasteiger partial charge on any atom is 0.252 e. The van der Waals surface area contributed by atoms with Crippen LogP contribution in [0, 0.1) is 5.82 Å². The van der Waals surface area contributed by atoms with Crippen LogP contribution in [-0.4, -0.2) is 199 Å². The first kappa shape index (κ1) is 85.6. The highest BCUT2D eigenvalue weighted by Gasteiger charge is 2.41. The summed E-state index contributed by atoms with van der Waals surface area (Å²) in [7, 11) is 0. The van der Waals surface area contributed by atoms with Crippen LogP contribution in [0.2, 0.25) is 0 Å². The highest BCUT2D eigenvalue weighted by atomic mass is 79.9. The van der Waals surface area contributed by atoms with E-state index in [1.165, 1.54) is 39.9 Å². The minimum atomic E-state index is -0.803. The molecule has 7 saturated heterocycles. The third-order valence-electron chi connectivity index (χ3n) is 18.8. The molecule has 2 aromatic heterocycles. The molecule has 8 aliphatic rings. The van der Waals surface area contributed by atoms with Gasteiger partial charge in [-0.2, -0.15) is 15.0 Å². The molecule has 0 saturated carbocycles. The van der Waals surface area contributed by atoms with E-state index in [1.54, 1.807) is 30.6 Å². The molecule has 0 radical (unpaired) electrons. The Bertz CT molecular complexity index is 3390. The maximum absolute atomic E-state index is 14.6. The van der Waals surface area contributed by atoms with E-state index in [0.717, 1.165) is 82.6 Å². The molecule has 584 valence electrons. The second-order valence-corrected chi connectivity index (χ2v) is 28.6. The molecule has 24 nitrogen and oxygen atoms in total. The zero-order chi connectivity index (χ0) is 76.0. The van der Waals surface area contributed by atoms with Gasteiger partial charge in [-0.3, -0.25) is 4.79 Å². The van der Waals surface area contributed by atoms with Gasteiger partial charge in [0, 0.05) is 93.0 Å². The van der Waals surface area contributed by atoms with Gasteiger partial charge in [-0.1, -0.05) is 155 Å². The number of nitrogens with one attached hydrogen (secondary N) is 5. The van der Waals surface area contributed by atoms with E-state index < -0.39 is 11.7 Å². The van der Waals surface area contributed by atoms with Gasteiger partial charge in [0.15, 0.2) is 11.6 Å². The Morgan fingerprint density at radius 3 is 1.37 bits per heavy atom. The van der Waals surface area contributed by atoms with Crippen LogP contribution in [0.25, 0.3) is 5.69 Å². The number of fused-ring (bicyclic) bond motifs is 1.